The molecule has 0 bridgehead atoms. The molecule has 0 spiro atoms. The van der Waals surface area contributed by atoms with Crippen LogP contribution < -0.4 is 0 Å². The fourth-order valence-corrected chi connectivity index (χ4v) is 7.80. The Morgan fingerprint density at radius 2 is 1.75 bits per heavy atom. The molecule has 3 saturated carbocycles. The molecule has 0 radical (unpaired) electrons. The Morgan fingerprint density at radius 3 is 2.39 bits per heavy atom. The number of carbonyl (C=O) groups is 2. The Bertz CT molecular complexity index is 714. The smallest absolute Gasteiger partial charge is 0.302 e. The number of Topliss-reactive ketones (excluding diaryl/α,β-unsaturated/α-hetero) is 1. The molecular weight excluding hydrogens is 356 g/mol. The fraction of sp³-hybridized carbons (Fsp3) is 0.826. The highest BCUT2D eigenvalue weighted by atomic mass is 16.6. The second-order valence-electron chi connectivity index (χ2n) is 10.3. The van der Waals surface area contributed by atoms with Gasteiger partial charge in [0.05, 0.1) is 6.10 Å². The molecule has 5 nitrogen and oxygen atoms in total. The summed E-state index contributed by atoms with van der Waals surface area (Å²) in [4.78, 5) is 23.8. The van der Waals surface area contributed by atoms with Gasteiger partial charge in [-0.3, -0.25) is 9.59 Å². The molecule has 9 atom stereocenters. The summed E-state index contributed by atoms with van der Waals surface area (Å²) in [6, 6.07) is 0. The van der Waals surface area contributed by atoms with Gasteiger partial charge in [0.1, 0.15) is 12.2 Å². The van der Waals surface area contributed by atoms with Crippen molar-refractivity contribution in [3.8, 4) is 0 Å². The van der Waals surface area contributed by atoms with Gasteiger partial charge in [0.15, 0.2) is 5.78 Å². The topological polar surface area (TPSA) is 83.8 Å². The van der Waals surface area contributed by atoms with Gasteiger partial charge in [-0.25, -0.2) is 0 Å². The van der Waals surface area contributed by atoms with Crippen molar-refractivity contribution in [3.05, 3.63) is 11.6 Å². The zero-order valence-electron chi connectivity index (χ0n) is 17.5. The van der Waals surface area contributed by atoms with Crippen LogP contribution in [0.1, 0.15) is 66.2 Å². The second kappa shape index (κ2) is 6.66. The van der Waals surface area contributed by atoms with Gasteiger partial charge in [-0.05, 0) is 85.5 Å². The first-order chi connectivity index (χ1) is 13.1. The molecule has 0 aliphatic heterocycles. The second-order valence-corrected chi connectivity index (χ2v) is 10.3. The first-order valence-electron chi connectivity index (χ1n) is 10.8. The normalized spacial score (nSPS) is 50.1. The Hall–Kier alpha value is -1.20. The van der Waals surface area contributed by atoms with E-state index in [9.17, 15) is 19.8 Å². The van der Waals surface area contributed by atoms with E-state index in [1.165, 1.54) is 6.92 Å². The van der Waals surface area contributed by atoms with Crippen molar-refractivity contribution in [2.24, 2.45) is 34.5 Å². The maximum atomic E-state index is 12.2. The Kier molecular flexibility index (Phi) is 4.78. The maximum absolute atomic E-state index is 12.2. The van der Waals surface area contributed by atoms with Crippen molar-refractivity contribution < 1.29 is 24.5 Å². The largest absolute Gasteiger partial charge is 0.460 e. The monoisotopic (exact) mass is 390 g/mol. The fourth-order valence-electron chi connectivity index (χ4n) is 7.80. The molecule has 2 N–H and O–H groups in total. The summed E-state index contributed by atoms with van der Waals surface area (Å²) in [6.45, 7) is 7.55. The lowest BCUT2D eigenvalue weighted by Crippen LogP contribution is -2.62. The average Bonchev–Trinajstić information content (AvgIpc) is 2.96. The third kappa shape index (κ3) is 2.72. The summed E-state index contributed by atoms with van der Waals surface area (Å²) in [6.07, 6.45) is 5.15. The van der Waals surface area contributed by atoms with Gasteiger partial charge in [0.2, 0.25) is 0 Å². The SMILES string of the molecule is CC(=O)O[C@H]1C[C@@]2(C)[C@H](CC[C@H]3[C@H]2CC[C@]2(C)C(C(C)=O)=CC[C@H]32)[C@@H](O)[C@@H]1O. The van der Waals surface area contributed by atoms with Crippen LogP contribution in [0.3, 0.4) is 0 Å². The number of allylic oxidation sites excluding steroid dienone is 2. The summed E-state index contributed by atoms with van der Waals surface area (Å²) in [7, 11) is 0. The number of carbonyl (C=O) groups excluding carboxylic acids is 2. The van der Waals surface area contributed by atoms with Gasteiger partial charge < -0.3 is 14.9 Å². The van der Waals surface area contributed by atoms with Gasteiger partial charge in [-0.2, -0.15) is 0 Å². The number of hydrogen-bond donors (Lipinski definition) is 2. The maximum Gasteiger partial charge on any atom is 0.302 e. The molecule has 28 heavy (non-hydrogen) atoms. The molecular formula is C23H34O5. The van der Waals surface area contributed by atoms with Crippen LogP contribution in [0.25, 0.3) is 0 Å². The lowest BCUT2D eigenvalue weighted by molar-refractivity contribution is -0.215. The van der Waals surface area contributed by atoms with E-state index in [-0.39, 0.29) is 22.5 Å². The van der Waals surface area contributed by atoms with Crippen LogP contribution in [-0.2, 0) is 14.3 Å². The van der Waals surface area contributed by atoms with Gasteiger partial charge in [-0.1, -0.05) is 19.9 Å². The highest BCUT2D eigenvalue weighted by Gasteiger charge is 2.62. The molecule has 0 aromatic rings. The zero-order valence-corrected chi connectivity index (χ0v) is 17.5. The number of ketones is 1. The highest BCUT2D eigenvalue weighted by molar-refractivity contribution is 5.95. The van der Waals surface area contributed by atoms with Crippen LogP contribution >= 0.6 is 0 Å². The van der Waals surface area contributed by atoms with Crippen LogP contribution in [0.4, 0.5) is 0 Å². The molecule has 4 aliphatic carbocycles. The molecule has 5 heteroatoms. The molecule has 0 aromatic heterocycles. The molecule has 0 amide bonds. The van der Waals surface area contributed by atoms with E-state index in [0.29, 0.717) is 24.2 Å². The number of rotatable bonds is 2. The van der Waals surface area contributed by atoms with Gasteiger partial charge in [0.25, 0.3) is 0 Å². The Labute approximate surface area is 167 Å². The van der Waals surface area contributed by atoms with Crippen molar-refractivity contribution in [2.45, 2.75) is 84.5 Å². The van der Waals surface area contributed by atoms with E-state index in [4.69, 9.17) is 4.74 Å². The van der Waals surface area contributed by atoms with Crippen LogP contribution in [0, 0.1) is 34.5 Å². The quantitative estimate of drug-likeness (QED) is 0.708. The third-order valence-electron chi connectivity index (χ3n) is 9.00. The van der Waals surface area contributed by atoms with Gasteiger partial charge >= 0.3 is 5.97 Å². The minimum Gasteiger partial charge on any atom is -0.460 e. The van der Waals surface area contributed by atoms with Crippen LogP contribution in [0.15, 0.2) is 11.6 Å². The third-order valence-corrected chi connectivity index (χ3v) is 9.00. The Morgan fingerprint density at radius 1 is 1.04 bits per heavy atom. The number of fused-ring (bicyclic) bond motifs is 5. The van der Waals surface area contributed by atoms with E-state index in [1.54, 1.807) is 6.92 Å². The molecule has 4 rings (SSSR count). The summed E-state index contributed by atoms with van der Waals surface area (Å²) < 4.78 is 5.42. The number of esters is 1. The van der Waals surface area contributed by atoms with Crippen molar-refractivity contribution >= 4 is 11.8 Å². The van der Waals surface area contributed by atoms with E-state index in [2.05, 4.69) is 19.9 Å². The lowest BCUT2D eigenvalue weighted by Gasteiger charge is -2.62. The first kappa shape index (κ1) is 20.1. The minimum atomic E-state index is -1.01. The number of aliphatic hydroxyl groups excluding tert-OH is 2. The molecule has 0 saturated heterocycles. The summed E-state index contributed by atoms with van der Waals surface area (Å²) in [5, 5.41) is 21.4. The van der Waals surface area contributed by atoms with E-state index < -0.39 is 24.3 Å². The molecule has 4 aliphatic rings. The first-order valence-corrected chi connectivity index (χ1v) is 10.8. The van der Waals surface area contributed by atoms with Crippen molar-refractivity contribution in [1.29, 1.82) is 0 Å². The number of ether oxygens (including phenoxy) is 1. The van der Waals surface area contributed by atoms with E-state index >= 15 is 0 Å². The summed E-state index contributed by atoms with van der Waals surface area (Å²) >= 11 is 0. The lowest BCUT2D eigenvalue weighted by atomic mass is 9.44. The average molecular weight is 391 g/mol. The van der Waals surface area contributed by atoms with Crippen molar-refractivity contribution in [2.75, 3.05) is 0 Å². The van der Waals surface area contributed by atoms with Crippen LogP contribution in [0.5, 0.6) is 0 Å². The molecule has 0 aromatic carbocycles. The van der Waals surface area contributed by atoms with Crippen molar-refractivity contribution in [3.63, 3.8) is 0 Å². The molecule has 156 valence electrons. The predicted molar refractivity (Wildman–Crippen MR) is 104 cm³/mol. The standard InChI is InChI=1S/C23H34O5/c1-12(24)15-7-8-16-14-5-6-18-20(26)21(27)19(28-13(2)25)11-23(18,4)17(14)9-10-22(15,16)3/h7,14,16-21,26-27H,5-6,8-11H2,1-4H3/t14-,16-,17-,18-,19+,20-,21-,22-,23-/m1/s1. The number of hydrogen-bond acceptors (Lipinski definition) is 5. The predicted octanol–water partition coefficient (Wildman–Crippen LogP) is 3.03. The molecule has 0 unspecified atom stereocenters. The van der Waals surface area contributed by atoms with E-state index in [0.717, 1.165) is 37.7 Å². The minimum absolute atomic E-state index is 0.0292. The highest BCUT2D eigenvalue weighted by Crippen LogP contribution is 2.66. The van der Waals surface area contributed by atoms with E-state index in [1.807, 2.05) is 0 Å². The van der Waals surface area contributed by atoms with Gasteiger partial charge in [-0.15, -0.1) is 0 Å². The van der Waals surface area contributed by atoms with Gasteiger partial charge in [0, 0.05) is 6.92 Å². The summed E-state index contributed by atoms with van der Waals surface area (Å²) in [5.41, 5.74) is 0.820. The van der Waals surface area contributed by atoms with Crippen LogP contribution in [-0.4, -0.2) is 40.3 Å². The molecule has 3 fully saturated rings. The number of aliphatic hydroxyl groups is 2. The zero-order chi connectivity index (χ0) is 20.4. The molecule has 0 heterocycles. The summed E-state index contributed by atoms with van der Waals surface area (Å²) in [5.74, 6) is 1.22. The van der Waals surface area contributed by atoms with Crippen molar-refractivity contribution in [1.82, 2.24) is 0 Å². The van der Waals surface area contributed by atoms with Crippen LogP contribution in [0.2, 0.25) is 0 Å². The Balaban J connectivity index is 1.63.